The molecule has 8 nitrogen and oxygen atoms in total. The maximum atomic E-state index is 11.6. The summed E-state index contributed by atoms with van der Waals surface area (Å²) in [5, 5.41) is 9.00. The van der Waals surface area contributed by atoms with Crippen molar-refractivity contribution in [2.75, 3.05) is 26.7 Å². The summed E-state index contributed by atoms with van der Waals surface area (Å²) in [6, 6.07) is 3.77. The highest BCUT2D eigenvalue weighted by Crippen LogP contribution is 2.14. The van der Waals surface area contributed by atoms with Crippen molar-refractivity contribution in [1.82, 2.24) is 20.9 Å². The number of nitrogens with zero attached hydrogens (tertiary/aromatic N) is 2. The van der Waals surface area contributed by atoms with E-state index in [0.717, 1.165) is 12.1 Å². The quantitative estimate of drug-likeness (QED) is 0.393. The molecule has 0 saturated carbocycles. The first-order valence-electron chi connectivity index (χ1n) is 8.32. The van der Waals surface area contributed by atoms with E-state index in [2.05, 4.69) is 25.9 Å². The van der Waals surface area contributed by atoms with E-state index in [-0.39, 0.29) is 0 Å². The van der Waals surface area contributed by atoms with Gasteiger partial charge in [0.25, 0.3) is 0 Å². The Morgan fingerprint density at radius 1 is 1.24 bits per heavy atom. The Bertz CT molecular complexity index is 570. The lowest BCUT2D eigenvalue weighted by Gasteiger charge is -2.19. The summed E-state index contributed by atoms with van der Waals surface area (Å²) >= 11 is 0. The average molecular weight is 351 g/mol. The number of aromatic nitrogens is 1. The number of methoxy groups -OCH3 is 1. The minimum Gasteiger partial charge on any atom is -0.481 e. The van der Waals surface area contributed by atoms with Gasteiger partial charge in [0.2, 0.25) is 5.88 Å². The van der Waals surface area contributed by atoms with Crippen molar-refractivity contribution in [2.24, 2.45) is 4.99 Å². The molecule has 0 fully saturated rings. The molecule has 0 radical (unpaired) electrons. The molecule has 0 bridgehead atoms. The standard InChI is InChI=1S/C17H29N5O3/c1-6-18-15(20-10-11-21-16(23)25-17(2,3)4)22-12-13-8-7-9-19-14(13)24-5/h7-9H,6,10-12H2,1-5H3,(H,21,23)(H2,18,20,22). The molecule has 0 aliphatic rings. The van der Waals surface area contributed by atoms with Gasteiger partial charge in [-0.15, -0.1) is 0 Å². The molecular formula is C17H29N5O3. The van der Waals surface area contributed by atoms with E-state index < -0.39 is 11.7 Å². The van der Waals surface area contributed by atoms with Gasteiger partial charge < -0.3 is 25.4 Å². The molecule has 0 aromatic carbocycles. The fourth-order valence-corrected chi connectivity index (χ4v) is 1.89. The number of pyridine rings is 1. The van der Waals surface area contributed by atoms with Crippen LogP contribution in [0.2, 0.25) is 0 Å². The van der Waals surface area contributed by atoms with Crippen LogP contribution >= 0.6 is 0 Å². The van der Waals surface area contributed by atoms with Crippen molar-refractivity contribution in [1.29, 1.82) is 0 Å². The Balaban J connectivity index is 2.47. The van der Waals surface area contributed by atoms with Crippen molar-refractivity contribution >= 4 is 12.1 Å². The molecule has 0 saturated heterocycles. The molecule has 0 aliphatic heterocycles. The van der Waals surface area contributed by atoms with Gasteiger partial charge in [-0.25, -0.2) is 14.8 Å². The van der Waals surface area contributed by atoms with Crippen LogP contribution < -0.4 is 20.7 Å². The fraction of sp³-hybridized carbons (Fsp3) is 0.588. The van der Waals surface area contributed by atoms with Crippen LogP contribution in [0.25, 0.3) is 0 Å². The second-order valence-corrected chi connectivity index (χ2v) is 6.22. The Hall–Kier alpha value is -2.51. The van der Waals surface area contributed by atoms with Crippen molar-refractivity contribution in [3.05, 3.63) is 23.9 Å². The number of amides is 1. The first kappa shape index (κ1) is 20.5. The van der Waals surface area contributed by atoms with Gasteiger partial charge in [0.05, 0.1) is 13.7 Å². The summed E-state index contributed by atoms with van der Waals surface area (Å²) < 4.78 is 10.4. The zero-order valence-corrected chi connectivity index (χ0v) is 15.7. The van der Waals surface area contributed by atoms with Crippen LogP contribution in [-0.2, 0) is 11.3 Å². The van der Waals surface area contributed by atoms with Gasteiger partial charge in [0.15, 0.2) is 5.96 Å². The Kier molecular flexibility index (Phi) is 8.52. The predicted molar refractivity (Wildman–Crippen MR) is 97.8 cm³/mol. The van der Waals surface area contributed by atoms with E-state index >= 15 is 0 Å². The van der Waals surface area contributed by atoms with Crippen LogP contribution in [0.1, 0.15) is 33.3 Å². The maximum absolute atomic E-state index is 11.6. The molecule has 0 aliphatic carbocycles. The van der Waals surface area contributed by atoms with Gasteiger partial charge in [-0.3, -0.25) is 0 Å². The topological polar surface area (TPSA) is 96.9 Å². The summed E-state index contributed by atoms with van der Waals surface area (Å²) in [5.41, 5.74) is 0.394. The fourth-order valence-electron chi connectivity index (χ4n) is 1.89. The minimum atomic E-state index is -0.503. The number of hydrogen-bond acceptors (Lipinski definition) is 5. The molecule has 25 heavy (non-hydrogen) atoms. The largest absolute Gasteiger partial charge is 0.481 e. The van der Waals surface area contributed by atoms with E-state index in [1.54, 1.807) is 13.3 Å². The Morgan fingerprint density at radius 2 is 1.96 bits per heavy atom. The molecule has 0 unspecified atom stereocenters. The van der Waals surface area contributed by atoms with E-state index in [1.807, 2.05) is 39.8 Å². The summed E-state index contributed by atoms with van der Waals surface area (Å²) in [7, 11) is 1.58. The molecule has 1 rings (SSSR count). The number of alkyl carbamates (subject to hydrolysis) is 1. The van der Waals surface area contributed by atoms with Crippen molar-refractivity contribution < 1.29 is 14.3 Å². The van der Waals surface area contributed by atoms with Crippen LogP contribution in [0.5, 0.6) is 5.88 Å². The van der Waals surface area contributed by atoms with E-state index in [4.69, 9.17) is 9.47 Å². The Labute approximate surface area is 149 Å². The van der Waals surface area contributed by atoms with Crippen molar-refractivity contribution in [2.45, 2.75) is 39.8 Å². The lowest BCUT2D eigenvalue weighted by Crippen LogP contribution is -2.42. The molecule has 0 spiro atoms. The first-order valence-corrected chi connectivity index (χ1v) is 8.32. The summed E-state index contributed by atoms with van der Waals surface area (Å²) in [6.45, 7) is 9.58. The zero-order valence-electron chi connectivity index (χ0n) is 15.7. The SMILES string of the molecule is CCNC(=NCc1cccnc1OC)NCCNC(=O)OC(C)(C)C. The van der Waals surface area contributed by atoms with E-state index in [0.29, 0.717) is 31.5 Å². The highest BCUT2D eigenvalue weighted by Gasteiger charge is 2.15. The van der Waals surface area contributed by atoms with Crippen LogP contribution in [0.4, 0.5) is 4.79 Å². The summed E-state index contributed by atoms with van der Waals surface area (Å²) in [5.74, 6) is 1.22. The zero-order chi connectivity index (χ0) is 18.7. The number of carbonyl (C=O) groups excluding carboxylic acids is 1. The number of carbonyl (C=O) groups is 1. The average Bonchev–Trinajstić information content (AvgIpc) is 2.55. The van der Waals surface area contributed by atoms with Gasteiger partial charge in [-0.2, -0.15) is 0 Å². The van der Waals surface area contributed by atoms with Gasteiger partial charge in [0, 0.05) is 31.4 Å². The van der Waals surface area contributed by atoms with Crippen molar-refractivity contribution in [3.63, 3.8) is 0 Å². The third kappa shape index (κ3) is 8.78. The van der Waals surface area contributed by atoms with E-state index in [9.17, 15) is 4.79 Å². The lowest BCUT2D eigenvalue weighted by atomic mass is 10.2. The van der Waals surface area contributed by atoms with Crippen LogP contribution in [-0.4, -0.2) is 49.4 Å². The predicted octanol–water partition coefficient (Wildman–Crippen LogP) is 1.67. The normalized spacial score (nSPS) is 11.6. The molecule has 1 aromatic rings. The van der Waals surface area contributed by atoms with Gasteiger partial charge in [-0.05, 0) is 33.8 Å². The number of guanidine groups is 1. The second kappa shape index (κ2) is 10.4. The summed E-state index contributed by atoms with van der Waals surface area (Å²) in [6.07, 6.45) is 1.24. The minimum absolute atomic E-state index is 0.426. The van der Waals surface area contributed by atoms with Crippen LogP contribution in [0, 0.1) is 0 Å². The maximum Gasteiger partial charge on any atom is 0.407 e. The number of ether oxygens (including phenoxy) is 2. The highest BCUT2D eigenvalue weighted by molar-refractivity contribution is 5.79. The van der Waals surface area contributed by atoms with E-state index in [1.165, 1.54) is 0 Å². The number of nitrogens with one attached hydrogen (secondary N) is 3. The second-order valence-electron chi connectivity index (χ2n) is 6.22. The monoisotopic (exact) mass is 351 g/mol. The molecule has 1 aromatic heterocycles. The molecular weight excluding hydrogens is 322 g/mol. The van der Waals surface area contributed by atoms with Gasteiger partial charge in [-0.1, -0.05) is 6.07 Å². The number of hydrogen-bond donors (Lipinski definition) is 3. The molecule has 1 heterocycles. The number of aliphatic imine (C=N–C) groups is 1. The van der Waals surface area contributed by atoms with Crippen LogP contribution in [0.15, 0.2) is 23.3 Å². The van der Waals surface area contributed by atoms with Crippen molar-refractivity contribution in [3.8, 4) is 5.88 Å². The smallest absolute Gasteiger partial charge is 0.407 e. The molecule has 1 amide bonds. The van der Waals surface area contributed by atoms with Gasteiger partial charge >= 0.3 is 6.09 Å². The molecule has 0 atom stereocenters. The lowest BCUT2D eigenvalue weighted by molar-refractivity contribution is 0.0529. The third-order valence-electron chi connectivity index (χ3n) is 2.88. The first-order chi connectivity index (χ1) is 11.9. The molecule has 3 N–H and O–H groups in total. The molecule has 140 valence electrons. The Morgan fingerprint density at radius 3 is 2.60 bits per heavy atom. The van der Waals surface area contributed by atoms with Crippen LogP contribution in [0.3, 0.4) is 0 Å². The molecule has 8 heteroatoms. The third-order valence-corrected chi connectivity index (χ3v) is 2.88. The highest BCUT2D eigenvalue weighted by atomic mass is 16.6. The number of rotatable bonds is 7. The summed E-state index contributed by atoms with van der Waals surface area (Å²) in [4.78, 5) is 20.2. The van der Waals surface area contributed by atoms with Gasteiger partial charge in [0.1, 0.15) is 5.60 Å².